The van der Waals surface area contributed by atoms with E-state index in [0.29, 0.717) is 30.5 Å². The number of ether oxygens (including phenoxy) is 1. The summed E-state index contributed by atoms with van der Waals surface area (Å²) < 4.78 is 16.8. The van der Waals surface area contributed by atoms with Gasteiger partial charge in [0.2, 0.25) is 5.91 Å². The lowest BCUT2D eigenvalue weighted by atomic mass is 10.0. The first-order valence-corrected chi connectivity index (χ1v) is 9.39. The van der Waals surface area contributed by atoms with Crippen molar-refractivity contribution in [2.75, 3.05) is 24.8 Å². The number of anilines is 1. The molecule has 22 heavy (non-hydrogen) atoms. The number of benzene rings is 1. The van der Waals surface area contributed by atoms with Crippen molar-refractivity contribution >= 4 is 22.4 Å². The number of amides is 1. The van der Waals surface area contributed by atoms with E-state index in [1.54, 1.807) is 7.11 Å². The van der Waals surface area contributed by atoms with E-state index in [2.05, 4.69) is 5.32 Å². The molecule has 5 heteroatoms. The highest BCUT2D eigenvalue weighted by Gasteiger charge is 2.18. The first-order valence-electron chi connectivity index (χ1n) is 7.90. The van der Waals surface area contributed by atoms with Crippen LogP contribution in [0.5, 0.6) is 0 Å². The van der Waals surface area contributed by atoms with Gasteiger partial charge in [0.25, 0.3) is 0 Å². The second-order valence-corrected chi connectivity index (χ2v) is 7.46. The largest absolute Gasteiger partial charge is 0.384 e. The Balaban J connectivity index is 1.84. The van der Waals surface area contributed by atoms with Crippen LogP contribution in [0.4, 0.5) is 5.69 Å². The predicted octanol–water partition coefficient (Wildman–Crippen LogP) is 3.10. The van der Waals surface area contributed by atoms with Crippen LogP contribution in [0.2, 0.25) is 0 Å². The molecule has 1 saturated carbocycles. The monoisotopic (exact) mass is 323 g/mol. The van der Waals surface area contributed by atoms with Gasteiger partial charge in [0.05, 0.1) is 6.61 Å². The number of hydrogen-bond acceptors (Lipinski definition) is 3. The van der Waals surface area contributed by atoms with E-state index in [1.807, 2.05) is 24.3 Å². The van der Waals surface area contributed by atoms with Crippen LogP contribution in [0.1, 0.15) is 37.7 Å². The predicted molar refractivity (Wildman–Crippen MR) is 90.2 cm³/mol. The zero-order valence-electron chi connectivity index (χ0n) is 13.2. The maximum atomic E-state index is 12.1. The third kappa shape index (κ3) is 5.89. The number of carbonyl (C=O) groups is 1. The van der Waals surface area contributed by atoms with Crippen molar-refractivity contribution in [3.05, 3.63) is 29.8 Å². The second-order valence-electron chi connectivity index (χ2n) is 5.88. The van der Waals surface area contributed by atoms with Crippen molar-refractivity contribution in [1.82, 2.24) is 0 Å². The molecule has 0 radical (unpaired) electrons. The Kier molecular flexibility index (Phi) is 7.06. The van der Waals surface area contributed by atoms with Gasteiger partial charge in [-0.2, -0.15) is 0 Å². The average molecular weight is 323 g/mol. The zero-order chi connectivity index (χ0) is 15.8. The molecule has 1 amide bonds. The third-order valence-corrected chi connectivity index (χ3v) is 5.28. The number of hydrogen-bond donors (Lipinski definition) is 1. The van der Waals surface area contributed by atoms with Gasteiger partial charge in [-0.05, 0) is 36.5 Å². The summed E-state index contributed by atoms with van der Waals surface area (Å²) in [7, 11) is 0.676. The first-order chi connectivity index (χ1) is 10.7. The lowest BCUT2D eigenvalue weighted by Crippen LogP contribution is -2.15. The second kappa shape index (κ2) is 9.06. The molecule has 0 heterocycles. The van der Waals surface area contributed by atoms with E-state index in [0.717, 1.165) is 11.3 Å². The normalized spacial score (nSPS) is 16.6. The van der Waals surface area contributed by atoms with Gasteiger partial charge in [0.15, 0.2) is 0 Å². The van der Waals surface area contributed by atoms with Gasteiger partial charge in [-0.1, -0.05) is 25.0 Å². The van der Waals surface area contributed by atoms with Crippen LogP contribution < -0.4 is 5.32 Å². The van der Waals surface area contributed by atoms with Crippen molar-refractivity contribution in [3.63, 3.8) is 0 Å². The molecule has 2 rings (SSSR count). The summed E-state index contributed by atoms with van der Waals surface area (Å²) in [5.74, 6) is 1.67. The average Bonchev–Trinajstić information content (AvgIpc) is 2.98. The van der Waals surface area contributed by atoms with Crippen LogP contribution >= 0.6 is 0 Å². The highest BCUT2D eigenvalue weighted by Crippen LogP contribution is 2.27. The standard InChI is InChI=1S/C17H25NO3S/c1-21-9-10-22(20)13-15-7-4-8-16(11-15)18-17(19)12-14-5-2-3-6-14/h4,7-8,11,14H,2-3,5-6,9-10,12-13H2,1H3,(H,18,19). The lowest BCUT2D eigenvalue weighted by molar-refractivity contribution is -0.117. The van der Waals surface area contributed by atoms with Crippen molar-refractivity contribution in [2.45, 2.75) is 37.9 Å². The summed E-state index contributed by atoms with van der Waals surface area (Å²) in [6, 6.07) is 7.64. The molecule has 4 nitrogen and oxygen atoms in total. The highest BCUT2D eigenvalue weighted by atomic mass is 32.2. The first kappa shape index (κ1) is 17.2. The fourth-order valence-corrected chi connectivity index (χ4v) is 3.91. The summed E-state index contributed by atoms with van der Waals surface area (Å²) in [5, 5.41) is 2.96. The molecule has 0 bridgehead atoms. The molecular formula is C17H25NO3S. The van der Waals surface area contributed by atoms with Crippen molar-refractivity contribution in [2.24, 2.45) is 5.92 Å². The maximum absolute atomic E-state index is 12.1. The topological polar surface area (TPSA) is 55.4 Å². The molecule has 0 spiro atoms. The molecule has 0 saturated heterocycles. The molecule has 0 aliphatic heterocycles. The maximum Gasteiger partial charge on any atom is 0.224 e. The Morgan fingerprint density at radius 1 is 1.36 bits per heavy atom. The SMILES string of the molecule is COCCS(=O)Cc1cccc(NC(=O)CC2CCCC2)c1. The summed E-state index contributed by atoms with van der Waals surface area (Å²) in [4.78, 5) is 12.1. The molecule has 1 N–H and O–H groups in total. The Hall–Kier alpha value is -1.20. The molecule has 1 atom stereocenters. The van der Waals surface area contributed by atoms with E-state index in [9.17, 15) is 9.00 Å². The quantitative estimate of drug-likeness (QED) is 0.800. The number of rotatable bonds is 8. The van der Waals surface area contributed by atoms with Crippen LogP contribution in [-0.4, -0.2) is 29.6 Å². The number of carbonyl (C=O) groups excluding carboxylic acids is 1. The minimum Gasteiger partial charge on any atom is -0.384 e. The molecule has 1 aliphatic rings. The molecule has 122 valence electrons. The van der Waals surface area contributed by atoms with Gasteiger partial charge >= 0.3 is 0 Å². The van der Waals surface area contributed by atoms with Crippen LogP contribution in [0.15, 0.2) is 24.3 Å². The molecule has 1 aliphatic carbocycles. The van der Waals surface area contributed by atoms with Crippen LogP contribution in [0.25, 0.3) is 0 Å². The van der Waals surface area contributed by atoms with Crippen LogP contribution in [0, 0.1) is 5.92 Å². The lowest BCUT2D eigenvalue weighted by Gasteiger charge is -2.10. The minimum atomic E-state index is -0.933. The van der Waals surface area contributed by atoms with E-state index in [4.69, 9.17) is 4.74 Å². The van der Waals surface area contributed by atoms with Crippen molar-refractivity contribution < 1.29 is 13.7 Å². The summed E-state index contributed by atoms with van der Waals surface area (Å²) >= 11 is 0. The smallest absolute Gasteiger partial charge is 0.224 e. The van der Waals surface area contributed by atoms with E-state index in [1.165, 1.54) is 25.7 Å². The Bertz CT molecular complexity index is 512. The highest BCUT2D eigenvalue weighted by molar-refractivity contribution is 7.84. The summed E-state index contributed by atoms with van der Waals surface area (Å²) in [6.45, 7) is 0.504. The third-order valence-electron chi connectivity index (χ3n) is 4.00. The van der Waals surface area contributed by atoms with Gasteiger partial charge in [-0.15, -0.1) is 0 Å². The molecular weight excluding hydrogens is 298 g/mol. The van der Waals surface area contributed by atoms with Gasteiger partial charge in [-0.3, -0.25) is 9.00 Å². The Labute approximate surface area is 135 Å². The minimum absolute atomic E-state index is 0.0876. The molecule has 1 fully saturated rings. The van der Waals surface area contributed by atoms with Gasteiger partial charge < -0.3 is 10.1 Å². The van der Waals surface area contributed by atoms with E-state index >= 15 is 0 Å². The molecule has 1 unspecified atom stereocenters. The van der Waals surface area contributed by atoms with Gasteiger partial charge in [0.1, 0.15) is 0 Å². The number of nitrogens with one attached hydrogen (secondary N) is 1. The fraction of sp³-hybridized carbons (Fsp3) is 0.588. The van der Waals surface area contributed by atoms with Gasteiger partial charge in [-0.25, -0.2) is 0 Å². The summed E-state index contributed by atoms with van der Waals surface area (Å²) in [5.41, 5.74) is 1.78. The van der Waals surface area contributed by atoms with Crippen LogP contribution in [0.3, 0.4) is 0 Å². The molecule has 1 aromatic carbocycles. The fourth-order valence-electron chi connectivity index (χ4n) is 2.86. The van der Waals surface area contributed by atoms with Crippen LogP contribution in [-0.2, 0) is 26.1 Å². The molecule has 1 aromatic rings. The summed E-state index contributed by atoms with van der Waals surface area (Å²) in [6.07, 6.45) is 5.46. The molecule has 0 aromatic heterocycles. The van der Waals surface area contributed by atoms with E-state index < -0.39 is 10.8 Å². The van der Waals surface area contributed by atoms with Crippen molar-refractivity contribution in [3.8, 4) is 0 Å². The van der Waals surface area contributed by atoms with Crippen molar-refractivity contribution in [1.29, 1.82) is 0 Å². The Morgan fingerprint density at radius 3 is 2.86 bits per heavy atom. The zero-order valence-corrected chi connectivity index (χ0v) is 14.0. The Morgan fingerprint density at radius 2 is 2.14 bits per heavy atom. The van der Waals surface area contributed by atoms with E-state index in [-0.39, 0.29) is 5.91 Å². The van der Waals surface area contributed by atoms with Gasteiger partial charge in [0, 0.05) is 41.5 Å². The number of methoxy groups -OCH3 is 1.